The van der Waals surface area contributed by atoms with Crippen molar-refractivity contribution in [3.8, 4) is 0 Å². The number of nitrogens with one attached hydrogen (secondary N) is 1. The molecule has 0 spiro atoms. The third-order valence-corrected chi connectivity index (χ3v) is 2.29. The Kier molecular flexibility index (Phi) is 3.28. The van der Waals surface area contributed by atoms with Gasteiger partial charge >= 0.3 is 6.18 Å². The number of benzene rings is 1. The van der Waals surface area contributed by atoms with Crippen LogP contribution in [0.15, 0.2) is 34.9 Å². The minimum atomic E-state index is -4.45. The van der Waals surface area contributed by atoms with Crippen molar-refractivity contribution >= 4 is 11.6 Å². The summed E-state index contributed by atoms with van der Waals surface area (Å²) in [6, 6.07) is 4.34. The summed E-state index contributed by atoms with van der Waals surface area (Å²) in [7, 11) is 0. The Balaban J connectivity index is 2.18. The summed E-state index contributed by atoms with van der Waals surface area (Å²) in [5.41, 5.74) is -0.798. The first kappa shape index (κ1) is 13.1. The number of amides is 1. The van der Waals surface area contributed by atoms with Gasteiger partial charge in [-0.1, -0.05) is 6.07 Å². The fourth-order valence-electron chi connectivity index (χ4n) is 1.43. The number of alkyl halides is 3. The number of aromatic nitrogens is 1. The van der Waals surface area contributed by atoms with Gasteiger partial charge in [0.15, 0.2) is 5.89 Å². The topological polar surface area (TPSA) is 55.1 Å². The van der Waals surface area contributed by atoms with Crippen LogP contribution in [0.2, 0.25) is 0 Å². The van der Waals surface area contributed by atoms with Crippen LogP contribution in [0.3, 0.4) is 0 Å². The van der Waals surface area contributed by atoms with Crippen molar-refractivity contribution in [2.45, 2.75) is 13.1 Å². The van der Waals surface area contributed by atoms with E-state index in [-0.39, 0.29) is 11.4 Å². The molecule has 1 heterocycles. The lowest BCUT2D eigenvalue weighted by molar-refractivity contribution is -0.137. The number of halogens is 3. The second-order valence-electron chi connectivity index (χ2n) is 3.78. The number of anilines is 1. The highest BCUT2D eigenvalue weighted by Gasteiger charge is 2.30. The Morgan fingerprint density at radius 1 is 1.37 bits per heavy atom. The van der Waals surface area contributed by atoms with Gasteiger partial charge in [-0.15, -0.1) is 0 Å². The van der Waals surface area contributed by atoms with Crippen molar-refractivity contribution in [1.82, 2.24) is 4.98 Å². The molecule has 100 valence electrons. The maximum Gasteiger partial charge on any atom is 0.416 e. The van der Waals surface area contributed by atoms with Gasteiger partial charge in [-0.3, -0.25) is 4.79 Å². The summed E-state index contributed by atoms with van der Waals surface area (Å²) < 4.78 is 42.4. The van der Waals surface area contributed by atoms with Crippen molar-refractivity contribution in [3.63, 3.8) is 0 Å². The van der Waals surface area contributed by atoms with E-state index in [1.807, 2.05) is 0 Å². The van der Waals surface area contributed by atoms with E-state index in [0.29, 0.717) is 5.89 Å². The zero-order valence-corrected chi connectivity index (χ0v) is 9.78. The third-order valence-electron chi connectivity index (χ3n) is 2.29. The molecule has 0 aliphatic heterocycles. The summed E-state index contributed by atoms with van der Waals surface area (Å²) >= 11 is 0. The van der Waals surface area contributed by atoms with Gasteiger partial charge in [-0.05, 0) is 18.2 Å². The van der Waals surface area contributed by atoms with Gasteiger partial charge in [-0.2, -0.15) is 13.2 Å². The van der Waals surface area contributed by atoms with Gasteiger partial charge in [0.25, 0.3) is 5.91 Å². The normalized spacial score (nSPS) is 11.4. The van der Waals surface area contributed by atoms with E-state index in [0.717, 1.165) is 12.1 Å². The van der Waals surface area contributed by atoms with Gasteiger partial charge in [0.05, 0.1) is 11.8 Å². The first-order chi connectivity index (χ1) is 8.86. The van der Waals surface area contributed by atoms with Gasteiger partial charge in [0.1, 0.15) is 0 Å². The Bertz CT molecular complexity index is 605. The lowest BCUT2D eigenvalue weighted by atomic mass is 10.2. The van der Waals surface area contributed by atoms with Gasteiger partial charge in [0.2, 0.25) is 5.76 Å². The monoisotopic (exact) mass is 270 g/mol. The lowest BCUT2D eigenvalue weighted by Gasteiger charge is -2.08. The van der Waals surface area contributed by atoms with Crippen LogP contribution in [0.25, 0.3) is 0 Å². The first-order valence-electron chi connectivity index (χ1n) is 5.27. The predicted octanol–water partition coefficient (Wildman–Crippen LogP) is 3.25. The van der Waals surface area contributed by atoms with Crippen LogP contribution in [0.4, 0.5) is 18.9 Å². The number of rotatable bonds is 2. The molecule has 1 amide bonds. The number of hydrogen-bond donors (Lipinski definition) is 1. The molecule has 4 nitrogen and oxygen atoms in total. The van der Waals surface area contributed by atoms with Crippen LogP contribution in [-0.4, -0.2) is 10.9 Å². The van der Waals surface area contributed by atoms with E-state index < -0.39 is 17.6 Å². The second kappa shape index (κ2) is 4.75. The van der Waals surface area contributed by atoms with Crippen LogP contribution in [-0.2, 0) is 6.18 Å². The predicted molar refractivity (Wildman–Crippen MR) is 60.6 cm³/mol. The van der Waals surface area contributed by atoms with Crippen molar-refractivity contribution in [2.24, 2.45) is 0 Å². The number of hydrogen-bond acceptors (Lipinski definition) is 3. The van der Waals surface area contributed by atoms with Gasteiger partial charge in [-0.25, -0.2) is 4.98 Å². The van der Waals surface area contributed by atoms with E-state index in [1.165, 1.54) is 18.3 Å². The molecule has 2 aromatic rings. The number of carbonyl (C=O) groups is 1. The number of carbonyl (C=O) groups excluding carboxylic acids is 1. The van der Waals surface area contributed by atoms with Crippen LogP contribution < -0.4 is 5.32 Å². The average Bonchev–Trinajstić information content (AvgIpc) is 2.75. The summed E-state index contributed by atoms with van der Waals surface area (Å²) in [5.74, 6) is -0.413. The molecule has 19 heavy (non-hydrogen) atoms. The van der Waals surface area contributed by atoms with Crippen molar-refractivity contribution < 1.29 is 22.4 Å². The van der Waals surface area contributed by atoms with Crippen LogP contribution in [0, 0.1) is 6.92 Å². The maximum atomic E-state index is 12.5. The number of oxazole rings is 1. The molecule has 0 aliphatic carbocycles. The zero-order valence-electron chi connectivity index (χ0n) is 9.78. The smallest absolute Gasteiger partial charge is 0.416 e. The molecule has 0 fully saturated rings. The second-order valence-corrected chi connectivity index (χ2v) is 3.78. The summed E-state index contributed by atoms with van der Waals surface area (Å²) in [6.45, 7) is 1.56. The molecule has 1 aromatic heterocycles. The molecule has 1 N–H and O–H groups in total. The Morgan fingerprint density at radius 2 is 2.11 bits per heavy atom. The number of aryl methyl sites for hydroxylation is 1. The number of nitrogens with zero attached hydrogens (tertiary/aromatic N) is 1. The Morgan fingerprint density at radius 3 is 2.68 bits per heavy atom. The lowest BCUT2D eigenvalue weighted by Crippen LogP contribution is -2.12. The van der Waals surface area contributed by atoms with Crippen LogP contribution in [0.5, 0.6) is 0 Å². The average molecular weight is 270 g/mol. The minimum Gasteiger partial charge on any atom is -0.436 e. The highest BCUT2D eigenvalue weighted by Crippen LogP contribution is 2.30. The molecule has 0 atom stereocenters. The van der Waals surface area contributed by atoms with E-state index >= 15 is 0 Å². The summed E-state index contributed by atoms with van der Waals surface area (Å²) in [5, 5.41) is 2.31. The Labute approximate surface area is 106 Å². The quantitative estimate of drug-likeness (QED) is 0.911. The summed E-state index contributed by atoms with van der Waals surface area (Å²) in [6.07, 6.45) is -3.25. The molecule has 2 rings (SSSR count). The summed E-state index contributed by atoms with van der Waals surface area (Å²) in [4.78, 5) is 15.4. The molecule has 0 aliphatic rings. The van der Waals surface area contributed by atoms with Crippen molar-refractivity contribution in [3.05, 3.63) is 47.7 Å². The van der Waals surface area contributed by atoms with E-state index in [1.54, 1.807) is 6.92 Å². The highest BCUT2D eigenvalue weighted by atomic mass is 19.4. The molecule has 1 aromatic carbocycles. The van der Waals surface area contributed by atoms with Crippen LogP contribution >= 0.6 is 0 Å². The van der Waals surface area contributed by atoms with Gasteiger partial charge in [0, 0.05) is 12.6 Å². The van der Waals surface area contributed by atoms with Crippen molar-refractivity contribution in [2.75, 3.05) is 5.32 Å². The van der Waals surface area contributed by atoms with E-state index in [9.17, 15) is 18.0 Å². The third kappa shape index (κ3) is 3.12. The highest BCUT2D eigenvalue weighted by molar-refractivity contribution is 6.02. The molecule has 0 saturated carbocycles. The molecule has 0 saturated heterocycles. The first-order valence-corrected chi connectivity index (χ1v) is 5.27. The molecule has 7 heteroatoms. The van der Waals surface area contributed by atoms with Crippen molar-refractivity contribution in [1.29, 1.82) is 0 Å². The fraction of sp³-hybridized carbons (Fsp3) is 0.167. The molecular formula is C12H9F3N2O2. The largest absolute Gasteiger partial charge is 0.436 e. The molecule has 0 unspecified atom stereocenters. The fourth-order valence-corrected chi connectivity index (χ4v) is 1.43. The van der Waals surface area contributed by atoms with Crippen LogP contribution in [0.1, 0.15) is 22.0 Å². The SMILES string of the molecule is Cc1ncc(C(=O)Nc2cccc(C(F)(F)F)c2)o1. The molecular weight excluding hydrogens is 261 g/mol. The standard InChI is InChI=1S/C12H9F3N2O2/c1-7-16-6-10(19-7)11(18)17-9-4-2-3-8(5-9)12(13,14)15/h2-6H,1H3,(H,17,18). The van der Waals surface area contributed by atoms with E-state index in [2.05, 4.69) is 10.3 Å². The zero-order chi connectivity index (χ0) is 14.0. The maximum absolute atomic E-state index is 12.5. The Hall–Kier alpha value is -2.31. The minimum absolute atomic E-state index is 0.0360. The van der Waals surface area contributed by atoms with E-state index in [4.69, 9.17) is 4.42 Å². The van der Waals surface area contributed by atoms with Gasteiger partial charge < -0.3 is 9.73 Å². The molecule has 0 bridgehead atoms. The molecule has 0 radical (unpaired) electrons.